The molecule has 2 atom stereocenters. The third kappa shape index (κ3) is 3.16. The number of aromatic hydroxyl groups is 1. The van der Waals surface area contributed by atoms with Gasteiger partial charge in [-0.25, -0.2) is 0 Å². The van der Waals surface area contributed by atoms with Crippen LogP contribution in [0.15, 0.2) is 18.2 Å². The van der Waals surface area contributed by atoms with Crippen molar-refractivity contribution in [2.75, 3.05) is 5.73 Å². The van der Waals surface area contributed by atoms with Crippen molar-refractivity contribution in [3.63, 3.8) is 0 Å². The number of hydrogen-bond acceptors (Lipinski definition) is 5. The molecule has 3 N–H and O–H groups in total. The highest BCUT2D eigenvalue weighted by atomic mass is 16.5. The number of rotatable bonds is 1. The first-order valence-electron chi connectivity index (χ1n) is 9.63. The predicted molar refractivity (Wildman–Crippen MR) is 102 cm³/mol. The van der Waals surface area contributed by atoms with Crippen LogP contribution in [0.2, 0.25) is 0 Å². The van der Waals surface area contributed by atoms with E-state index in [9.17, 15) is 5.11 Å². The van der Waals surface area contributed by atoms with Gasteiger partial charge in [0.25, 0.3) is 0 Å². The number of phenols is 1. The Morgan fingerprint density at radius 3 is 2.58 bits per heavy atom. The van der Waals surface area contributed by atoms with Crippen LogP contribution in [0.3, 0.4) is 0 Å². The van der Waals surface area contributed by atoms with Gasteiger partial charge in [-0.15, -0.1) is 10.2 Å². The summed E-state index contributed by atoms with van der Waals surface area (Å²) in [7, 11) is 0. The number of hydrogen-bond donors (Lipinski definition) is 2. The quantitative estimate of drug-likeness (QED) is 0.798. The lowest BCUT2D eigenvalue weighted by molar-refractivity contribution is 0.0326. The summed E-state index contributed by atoms with van der Waals surface area (Å²) in [6.45, 7) is 4.26. The molecule has 2 aliphatic heterocycles. The zero-order valence-corrected chi connectivity index (χ0v) is 15.5. The average molecular weight is 353 g/mol. The third-order valence-electron chi connectivity index (χ3n) is 5.81. The fourth-order valence-electron chi connectivity index (χ4n) is 4.03. The fraction of sp³-hybridized carbons (Fsp3) is 0.524. The average Bonchev–Trinajstić information content (AvgIpc) is 2.96. The topological polar surface area (TPSA) is 81.3 Å². The highest BCUT2D eigenvalue weighted by Gasteiger charge is 2.37. The van der Waals surface area contributed by atoms with Crippen LogP contribution in [0.4, 0.5) is 5.82 Å². The van der Waals surface area contributed by atoms with Gasteiger partial charge in [0.15, 0.2) is 5.82 Å². The second kappa shape index (κ2) is 6.88. The second-order valence-corrected chi connectivity index (χ2v) is 7.91. The van der Waals surface area contributed by atoms with Crippen molar-refractivity contribution in [1.29, 1.82) is 0 Å². The van der Waals surface area contributed by atoms with E-state index in [1.54, 1.807) is 6.07 Å². The maximum atomic E-state index is 10.2. The highest BCUT2D eigenvalue weighted by molar-refractivity contribution is 5.73. The minimum absolute atomic E-state index is 0.0283. The number of phenolic OH excluding ortho intramolecular Hbond substituents is 1. The number of anilines is 1. The summed E-state index contributed by atoms with van der Waals surface area (Å²) in [4.78, 5) is 0. The normalized spacial score (nSPS) is 23.6. The Hall–Kier alpha value is -2.14. The number of nitrogen functional groups attached to an aromatic ring is 1. The highest BCUT2D eigenvalue weighted by Crippen LogP contribution is 2.46. The van der Waals surface area contributed by atoms with Crippen molar-refractivity contribution in [1.82, 2.24) is 10.2 Å². The summed E-state index contributed by atoms with van der Waals surface area (Å²) >= 11 is 0. The molecule has 1 aromatic heterocycles. The number of aryl methyl sites for hydroxylation is 1. The number of fused-ring (bicyclic) bond motifs is 4. The summed E-state index contributed by atoms with van der Waals surface area (Å²) in [5, 5.41) is 18.6. The maximum absolute atomic E-state index is 10.2. The molecule has 0 spiro atoms. The molecule has 26 heavy (non-hydrogen) atoms. The monoisotopic (exact) mass is 353 g/mol. The van der Waals surface area contributed by atoms with Crippen LogP contribution in [0, 0.1) is 12.8 Å². The lowest BCUT2D eigenvalue weighted by Gasteiger charge is -2.26. The molecule has 0 radical (unpaired) electrons. The van der Waals surface area contributed by atoms with E-state index >= 15 is 0 Å². The van der Waals surface area contributed by atoms with E-state index in [0.29, 0.717) is 11.4 Å². The molecular formula is C21H27N3O2. The van der Waals surface area contributed by atoms with Crippen LogP contribution >= 0.6 is 0 Å². The lowest BCUT2D eigenvalue weighted by Crippen LogP contribution is -2.21. The van der Waals surface area contributed by atoms with Crippen LogP contribution in [0.1, 0.15) is 61.8 Å². The molecular weight excluding hydrogens is 326 g/mol. The summed E-state index contributed by atoms with van der Waals surface area (Å²) in [5.74, 6) is 1.75. The van der Waals surface area contributed by atoms with E-state index in [2.05, 4.69) is 17.1 Å². The molecule has 138 valence electrons. The minimum Gasteiger partial charge on any atom is -0.507 e. The van der Waals surface area contributed by atoms with Crippen molar-refractivity contribution < 1.29 is 9.84 Å². The molecule has 1 aliphatic carbocycles. The van der Waals surface area contributed by atoms with Gasteiger partial charge >= 0.3 is 0 Å². The Morgan fingerprint density at radius 2 is 1.92 bits per heavy atom. The molecule has 0 amide bonds. The number of nitrogens with zero attached hydrogens (tertiary/aromatic N) is 2. The van der Waals surface area contributed by atoms with E-state index < -0.39 is 0 Å². The van der Waals surface area contributed by atoms with Crippen molar-refractivity contribution in [2.45, 2.75) is 64.6 Å². The number of nitrogens with two attached hydrogens (primary N) is 1. The van der Waals surface area contributed by atoms with Gasteiger partial charge in [0, 0.05) is 17.5 Å². The molecule has 3 heterocycles. The Bertz CT molecular complexity index is 817. The fourth-order valence-corrected chi connectivity index (χ4v) is 4.03. The van der Waals surface area contributed by atoms with Gasteiger partial charge in [0.1, 0.15) is 11.4 Å². The molecule has 3 aliphatic rings. The Balaban J connectivity index is 0.000000292. The van der Waals surface area contributed by atoms with E-state index in [4.69, 9.17) is 10.5 Å². The Kier molecular flexibility index (Phi) is 4.57. The molecule has 2 unspecified atom stereocenters. The van der Waals surface area contributed by atoms with E-state index in [-0.39, 0.29) is 18.0 Å². The van der Waals surface area contributed by atoms with Gasteiger partial charge < -0.3 is 15.6 Å². The summed E-state index contributed by atoms with van der Waals surface area (Å²) in [6.07, 6.45) is 7.53. The first-order chi connectivity index (χ1) is 12.5. The molecule has 2 aromatic rings. The Labute approximate surface area is 154 Å². The van der Waals surface area contributed by atoms with Crippen molar-refractivity contribution in [3.05, 3.63) is 34.9 Å². The van der Waals surface area contributed by atoms with E-state index in [1.165, 1.54) is 19.3 Å². The van der Waals surface area contributed by atoms with Gasteiger partial charge in [0.05, 0.1) is 12.2 Å². The maximum Gasteiger partial charge on any atom is 0.152 e. The molecule has 1 saturated heterocycles. The number of benzene rings is 1. The first kappa shape index (κ1) is 17.3. The molecule has 2 fully saturated rings. The van der Waals surface area contributed by atoms with Crippen LogP contribution in [0.5, 0.6) is 5.75 Å². The Morgan fingerprint density at radius 1 is 1.15 bits per heavy atom. The van der Waals surface area contributed by atoms with Gasteiger partial charge in [0.2, 0.25) is 0 Å². The molecule has 2 bridgehead atoms. The number of ether oxygens (including phenoxy) is 1. The summed E-state index contributed by atoms with van der Waals surface area (Å²) < 4.78 is 5.93. The molecule has 5 nitrogen and oxygen atoms in total. The zero-order chi connectivity index (χ0) is 18.3. The molecule has 5 heteroatoms. The predicted octanol–water partition coefficient (Wildman–Crippen LogP) is 4.32. The zero-order valence-electron chi connectivity index (χ0n) is 15.5. The first-order valence-corrected chi connectivity index (χ1v) is 9.63. The molecule has 1 aromatic carbocycles. The minimum atomic E-state index is 0.0283. The molecule has 1 saturated carbocycles. The lowest BCUT2D eigenvalue weighted by atomic mass is 9.88. The standard InChI is InChI=1S/C16H17N3O2.C5H10/c1-8-2-4-10(12(20)6-8)15-11-7-9-3-5-13(21-9)14(11)16(17)19-18-15;1-5-3-2-4-5/h2,4,6,9,13,20H,3,5,7H2,1H3,(H2,17,19);5H,2-4H2,1H3. The number of aromatic nitrogens is 2. The van der Waals surface area contributed by atoms with Crippen LogP contribution in [-0.4, -0.2) is 21.4 Å². The van der Waals surface area contributed by atoms with Crippen molar-refractivity contribution in [3.8, 4) is 17.0 Å². The van der Waals surface area contributed by atoms with E-state index in [1.807, 2.05) is 19.1 Å². The van der Waals surface area contributed by atoms with Gasteiger partial charge in [-0.3, -0.25) is 0 Å². The van der Waals surface area contributed by atoms with Crippen molar-refractivity contribution >= 4 is 5.82 Å². The van der Waals surface area contributed by atoms with Gasteiger partial charge in [-0.1, -0.05) is 32.3 Å². The van der Waals surface area contributed by atoms with Crippen molar-refractivity contribution in [2.24, 2.45) is 5.92 Å². The van der Waals surface area contributed by atoms with Crippen LogP contribution < -0.4 is 5.73 Å². The smallest absolute Gasteiger partial charge is 0.152 e. The van der Waals surface area contributed by atoms with Gasteiger partial charge in [-0.05, 0) is 48.9 Å². The molecule has 5 rings (SSSR count). The van der Waals surface area contributed by atoms with Gasteiger partial charge in [-0.2, -0.15) is 0 Å². The SMILES string of the molecule is CC1CCC1.Cc1ccc(-c2nnc(N)c3c2CC2CCC3O2)c(O)c1. The largest absolute Gasteiger partial charge is 0.507 e. The van der Waals surface area contributed by atoms with E-state index in [0.717, 1.165) is 47.6 Å². The summed E-state index contributed by atoms with van der Waals surface area (Å²) in [5.41, 5.74) is 10.5. The van der Waals surface area contributed by atoms with Crippen LogP contribution in [0.25, 0.3) is 11.3 Å². The second-order valence-electron chi connectivity index (χ2n) is 7.91. The van der Waals surface area contributed by atoms with Crippen LogP contribution in [-0.2, 0) is 11.2 Å². The summed E-state index contributed by atoms with van der Waals surface area (Å²) in [6, 6.07) is 5.60. The third-order valence-corrected chi connectivity index (χ3v) is 5.81.